The summed E-state index contributed by atoms with van der Waals surface area (Å²) in [4.78, 5) is 19.5. The standard InChI is InChI=1S/C15H19N3OS/c1-3-5-12-8-11(9-14(16)17-12)15(19)18(2)10-13-6-4-7-20-13/h4,6-9H,3,5,10H2,1-2H3,(H2,16,17). The molecule has 0 atom stereocenters. The molecular formula is C15H19N3OS. The van der Waals surface area contributed by atoms with Crippen molar-refractivity contribution in [2.45, 2.75) is 26.3 Å². The number of carbonyl (C=O) groups is 1. The van der Waals surface area contributed by atoms with Gasteiger partial charge in [-0.1, -0.05) is 19.4 Å². The van der Waals surface area contributed by atoms with Gasteiger partial charge in [-0.15, -0.1) is 11.3 Å². The van der Waals surface area contributed by atoms with E-state index in [1.54, 1.807) is 29.4 Å². The molecule has 0 saturated carbocycles. The summed E-state index contributed by atoms with van der Waals surface area (Å²) in [5.74, 6) is 0.383. The molecule has 0 saturated heterocycles. The Hall–Kier alpha value is -1.88. The van der Waals surface area contributed by atoms with Crippen LogP contribution in [0.2, 0.25) is 0 Å². The third-order valence-electron chi connectivity index (χ3n) is 2.97. The Balaban J connectivity index is 2.15. The van der Waals surface area contributed by atoms with E-state index >= 15 is 0 Å². The van der Waals surface area contributed by atoms with Crippen molar-refractivity contribution < 1.29 is 4.79 Å². The normalized spacial score (nSPS) is 10.5. The fraction of sp³-hybridized carbons (Fsp3) is 0.333. The Morgan fingerprint density at radius 3 is 2.90 bits per heavy atom. The van der Waals surface area contributed by atoms with Crippen LogP contribution in [-0.4, -0.2) is 22.8 Å². The Kier molecular flexibility index (Phi) is 4.74. The number of nitrogens with zero attached hydrogens (tertiary/aromatic N) is 2. The Labute approximate surface area is 123 Å². The summed E-state index contributed by atoms with van der Waals surface area (Å²) in [6.07, 6.45) is 1.81. The number of pyridine rings is 1. The van der Waals surface area contributed by atoms with E-state index in [4.69, 9.17) is 5.73 Å². The van der Waals surface area contributed by atoms with Crippen molar-refractivity contribution in [3.05, 3.63) is 45.8 Å². The molecule has 0 aliphatic carbocycles. The van der Waals surface area contributed by atoms with Crippen LogP contribution in [0, 0.1) is 0 Å². The summed E-state index contributed by atoms with van der Waals surface area (Å²) < 4.78 is 0. The molecule has 0 aromatic carbocycles. The van der Waals surface area contributed by atoms with Crippen molar-refractivity contribution in [3.63, 3.8) is 0 Å². The van der Waals surface area contributed by atoms with Crippen molar-refractivity contribution in [2.24, 2.45) is 0 Å². The molecule has 0 unspecified atom stereocenters. The van der Waals surface area contributed by atoms with Gasteiger partial charge in [0.25, 0.3) is 5.91 Å². The summed E-state index contributed by atoms with van der Waals surface area (Å²) >= 11 is 1.65. The third kappa shape index (κ3) is 3.57. The maximum Gasteiger partial charge on any atom is 0.254 e. The lowest BCUT2D eigenvalue weighted by Crippen LogP contribution is -2.26. The van der Waals surface area contributed by atoms with E-state index in [1.807, 2.05) is 23.6 Å². The van der Waals surface area contributed by atoms with Gasteiger partial charge in [0.05, 0.1) is 6.54 Å². The highest BCUT2D eigenvalue weighted by Crippen LogP contribution is 2.15. The Bertz CT molecular complexity index is 581. The smallest absolute Gasteiger partial charge is 0.254 e. The molecule has 2 rings (SSSR count). The lowest BCUT2D eigenvalue weighted by atomic mass is 10.1. The monoisotopic (exact) mass is 289 g/mol. The number of nitrogen functional groups attached to an aromatic ring is 1. The van der Waals surface area contributed by atoms with Crippen LogP contribution < -0.4 is 5.73 Å². The maximum atomic E-state index is 12.4. The molecule has 2 aromatic rings. The first-order valence-electron chi connectivity index (χ1n) is 6.64. The quantitative estimate of drug-likeness (QED) is 0.920. The summed E-state index contributed by atoms with van der Waals surface area (Å²) in [6.45, 7) is 2.69. The predicted octanol–water partition coefficient (Wildman–Crippen LogP) is 2.95. The van der Waals surface area contributed by atoms with E-state index < -0.39 is 0 Å². The second-order valence-electron chi connectivity index (χ2n) is 4.76. The second-order valence-corrected chi connectivity index (χ2v) is 5.79. The molecule has 1 amide bonds. The molecule has 4 nitrogen and oxygen atoms in total. The van der Waals surface area contributed by atoms with Crippen molar-refractivity contribution in [2.75, 3.05) is 12.8 Å². The molecule has 2 heterocycles. The highest BCUT2D eigenvalue weighted by Gasteiger charge is 2.14. The summed E-state index contributed by atoms with van der Waals surface area (Å²) in [6, 6.07) is 7.50. The lowest BCUT2D eigenvalue weighted by Gasteiger charge is -2.17. The van der Waals surface area contributed by atoms with Crippen molar-refractivity contribution in [1.82, 2.24) is 9.88 Å². The van der Waals surface area contributed by atoms with Gasteiger partial charge in [0, 0.05) is 23.2 Å². The number of aromatic nitrogens is 1. The second kappa shape index (κ2) is 6.52. The highest BCUT2D eigenvalue weighted by atomic mass is 32.1. The number of nitrogens with two attached hydrogens (primary N) is 1. The van der Waals surface area contributed by atoms with E-state index in [0.29, 0.717) is 17.9 Å². The first kappa shape index (κ1) is 14.5. The highest BCUT2D eigenvalue weighted by molar-refractivity contribution is 7.09. The minimum Gasteiger partial charge on any atom is -0.384 e. The molecule has 2 N–H and O–H groups in total. The number of carbonyl (C=O) groups excluding carboxylic acids is 1. The Morgan fingerprint density at radius 1 is 1.45 bits per heavy atom. The fourth-order valence-corrected chi connectivity index (χ4v) is 2.80. The summed E-state index contributed by atoms with van der Waals surface area (Å²) in [7, 11) is 1.80. The maximum absolute atomic E-state index is 12.4. The van der Waals surface area contributed by atoms with Crippen LogP contribution in [0.5, 0.6) is 0 Å². The van der Waals surface area contributed by atoms with Gasteiger partial charge in [-0.2, -0.15) is 0 Å². The van der Waals surface area contributed by atoms with Gasteiger partial charge in [-0.3, -0.25) is 4.79 Å². The zero-order valence-electron chi connectivity index (χ0n) is 11.8. The lowest BCUT2D eigenvalue weighted by molar-refractivity contribution is 0.0786. The van der Waals surface area contributed by atoms with Gasteiger partial charge >= 0.3 is 0 Å². The zero-order chi connectivity index (χ0) is 14.5. The van der Waals surface area contributed by atoms with E-state index in [0.717, 1.165) is 23.4 Å². The molecule has 2 aromatic heterocycles. The van der Waals surface area contributed by atoms with E-state index in [9.17, 15) is 4.79 Å². The van der Waals surface area contributed by atoms with E-state index in [-0.39, 0.29) is 5.91 Å². The van der Waals surface area contributed by atoms with Crippen molar-refractivity contribution in [3.8, 4) is 0 Å². The number of anilines is 1. The van der Waals surface area contributed by atoms with Crippen LogP contribution in [0.1, 0.15) is 34.3 Å². The SMILES string of the molecule is CCCc1cc(C(=O)N(C)Cc2cccs2)cc(N)n1. The van der Waals surface area contributed by atoms with Gasteiger partial charge in [0.1, 0.15) is 5.82 Å². The molecule has 0 radical (unpaired) electrons. The molecule has 20 heavy (non-hydrogen) atoms. The predicted molar refractivity (Wildman–Crippen MR) is 82.8 cm³/mol. The van der Waals surface area contributed by atoms with Crippen LogP contribution in [0.15, 0.2) is 29.6 Å². The largest absolute Gasteiger partial charge is 0.384 e. The minimum atomic E-state index is -0.0233. The van der Waals surface area contributed by atoms with Gasteiger partial charge in [0.2, 0.25) is 0 Å². The number of amides is 1. The summed E-state index contributed by atoms with van der Waals surface area (Å²) in [5, 5.41) is 2.01. The average molecular weight is 289 g/mol. The van der Waals surface area contributed by atoms with Crippen LogP contribution in [0.25, 0.3) is 0 Å². The Morgan fingerprint density at radius 2 is 2.25 bits per heavy atom. The number of rotatable bonds is 5. The van der Waals surface area contributed by atoms with E-state index in [1.165, 1.54) is 0 Å². The summed E-state index contributed by atoms with van der Waals surface area (Å²) in [5.41, 5.74) is 7.27. The average Bonchev–Trinajstić information content (AvgIpc) is 2.90. The molecule has 0 aliphatic heterocycles. The number of hydrogen-bond acceptors (Lipinski definition) is 4. The van der Waals surface area contributed by atoms with Crippen molar-refractivity contribution >= 4 is 23.1 Å². The number of thiophene rings is 1. The van der Waals surface area contributed by atoms with Gasteiger partial charge < -0.3 is 10.6 Å². The molecule has 0 fully saturated rings. The van der Waals surface area contributed by atoms with Crippen LogP contribution >= 0.6 is 11.3 Å². The number of aryl methyl sites for hydroxylation is 1. The van der Waals surface area contributed by atoms with Gasteiger partial charge in [0.15, 0.2) is 0 Å². The third-order valence-corrected chi connectivity index (χ3v) is 3.83. The number of hydrogen-bond donors (Lipinski definition) is 1. The molecule has 0 bridgehead atoms. The topological polar surface area (TPSA) is 59.2 Å². The molecule has 106 valence electrons. The van der Waals surface area contributed by atoms with Crippen LogP contribution in [-0.2, 0) is 13.0 Å². The zero-order valence-corrected chi connectivity index (χ0v) is 12.6. The van der Waals surface area contributed by atoms with Crippen LogP contribution in [0.3, 0.4) is 0 Å². The first-order valence-corrected chi connectivity index (χ1v) is 7.52. The van der Waals surface area contributed by atoms with Crippen LogP contribution in [0.4, 0.5) is 5.82 Å². The molecular weight excluding hydrogens is 270 g/mol. The molecule has 0 aliphatic rings. The molecule has 0 spiro atoms. The van der Waals surface area contributed by atoms with Crippen molar-refractivity contribution in [1.29, 1.82) is 0 Å². The molecule has 5 heteroatoms. The van der Waals surface area contributed by atoms with Gasteiger partial charge in [-0.25, -0.2) is 4.98 Å². The van der Waals surface area contributed by atoms with Gasteiger partial charge in [-0.05, 0) is 30.0 Å². The van der Waals surface area contributed by atoms with E-state index in [2.05, 4.69) is 11.9 Å². The fourth-order valence-electron chi connectivity index (χ4n) is 2.05. The first-order chi connectivity index (χ1) is 9.60. The minimum absolute atomic E-state index is 0.0233.